The number of guanidine groups is 1. The zero-order valence-electron chi connectivity index (χ0n) is 15.3. The maximum atomic E-state index is 5.92. The van der Waals surface area contributed by atoms with E-state index in [0.29, 0.717) is 19.1 Å². The first-order chi connectivity index (χ1) is 12.2. The van der Waals surface area contributed by atoms with Gasteiger partial charge in [0.2, 0.25) is 0 Å². The Balaban J connectivity index is 1.64. The van der Waals surface area contributed by atoms with Crippen LogP contribution in [0.1, 0.15) is 18.4 Å². The van der Waals surface area contributed by atoms with E-state index in [9.17, 15) is 0 Å². The van der Waals surface area contributed by atoms with E-state index in [-0.39, 0.29) is 0 Å². The fraction of sp³-hybridized carbons (Fsp3) is 0.632. The van der Waals surface area contributed by atoms with Gasteiger partial charge in [0.05, 0.1) is 19.8 Å². The molecule has 0 saturated carbocycles. The zero-order chi connectivity index (χ0) is 17.9. The number of methoxy groups -OCH3 is 1. The Morgan fingerprint density at radius 1 is 1.32 bits per heavy atom. The Labute approximate surface area is 156 Å². The van der Waals surface area contributed by atoms with Crippen molar-refractivity contribution in [3.05, 3.63) is 34.9 Å². The highest BCUT2D eigenvalue weighted by atomic mass is 35.5. The van der Waals surface area contributed by atoms with Gasteiger partial charge in [-0.3, -0.25) is 4.99 Å². The molecule has 1 aromatic carbocycles. The molecule has 1 unspecified atom stereocenters. The number of aryl methyl sites for hydroxylation is 1. The number of ether oxygens (including phenoxy) is 2. The summed E-state index contributed by atoms with van der Waals surface area (Å²) in [6.07, 6.45) is 3.26. The fourth-order valence-electron chi connectivity index (χ4n) is 3.03. The molecule has 0 spiro atoms. The third-order valence-electron chi connectivity index (χ3n) is 4.42. The van der Waals surface area contributed by atoms with E-state index in [0.717, 1.165) is 56.5 Å². The van der Waals surface area contributed by atoms with Crippen molar-refractivity contribution in [3.8, 4) is 0 Å². The molecule has 5 nitrogen and oxygen atoms in total. The van der Waals surface area contributed by atoms with Gasteiger partial charge in [0, 0.05) is 44.7 Å². The lowest BCUT2D eigenvalue weighted by Crippen LogP contribution is -2.40. The molecule has 0 amide bonds. The Morgan fingerprint density at radius 2 is 2.12 bits per heavy atom. The lowest BCUT2D eigenvalue weighted by atomic mass is 10.1. The maximum absolute atomic E-state index is 5.92. The summed E-state index contributed by atoms with van der Waals surface area (Å²) in [4.78, 5) is 6.75. The molecule has 1 atom stereocenters. The van der Waals surface area contributed by atoms with E-state index in [1.54, 1.807) is 7.11 Å². The molecule has 2 rings (SSSR count). The van der Waals surface area contributed by atoms with E-state index in [1.165, 1.54) is 5.56 Å². The zero-order valence-corrected chi connectivity index (χ0v) is 16.1. The van der Waals surface area contributed by atoms with Crippen molar-refractivity contribution in [2.45, 2.75) is 19.3 Å². The second-order valence-electron chi connectivity index (χ2n) is 6.37. The highest BCUT2D eigenvalue weighted by Gasteiger charge is 2.24. The predicted molar refractivity (Wildman–Crippen MR) is 104 cm³/mol. The van der Waals surface area contributed by atoms with Crippen molar-refractivity contribution in [3.63, 3.8) is 0 Å². The van der Waals surface area contributed by atoms with Crippen LogP contribution in [0.25, 0.3) is 0 Å². The number of aliphatic imine (C=N–C) groups is 1. The normalized spacial score (nSPS) is 18.0. The maximum Gasteiger partial charge on any atom is 0.193 e. The second-order valence-corrected chi connectivity index (χ2v) is 6.81. The molecule has 1 heterocycles. The molecule has 0 aromatic heterocycles. The minimum Gasteiger partial charge on any atom is -0.382 e. The van der Waals surface area contributed by atoms with Crippen LogP contribution in [-0.4, -0.2) is 64.5 Å². The highest BCUT2D eigenvalue weighted by Crippen LogP contribution is 2.16. The van der Waals surface area contributed by atoms with Crippen LogP contribution in [0.2, 0.25) is 5.02 Å². The Hall–Kier alpha value is -1.30. The molecule has 1 aromatic rings. The van der Waals surface area contributed by atoms with Gasteiger partial charge < -0.3 is 19.7 Å². The molecule has 1 aliphatic heterocycles. The van der Waals surface area contributed by atoms with Crippen molar-refractivity contribution in [2.24, 2.45) is 10.9 Å². The van der Waals surface area contributed by atoms with Crippen molar-refractivity contribution in [2.75, 3.05) is 53.6 Å². The first kappa shape index (κ1) is 20.0. The average Bonchev–Trinajstić information content (AvgIpc) is 3.09. The summed E-state index contributed by atoms with van der Waals surface area (Å²) >= 11 is 5.92. The van der Waals surface area contributed by atoms with Crippen molar-refractivity contribution in [1.82, 2.24) is 10.2 Å². The Bertz CT molecular complexity index is 522. The highest BCUT2D eigenvalue weighted by molar-refractivity contribution is 6.30. The summed E-state index contributed by atoms with van der Waals surface area (Å²) in [5.41, 5.74) is 1.32. The van der Waals surface area contributed by atoms with Crippen molar-refractivity contribution >= 4 is 17.6 Å². The lowest BCUT2D eigenvalue weighted by Gasteiger charge is -2.21. The van der Waals surface area contributed by atoms with E-state index >= 15 is 0 Å². The number of halogens is 1. The Morgan fingerprint density at radius 3 is 2.84 bits per heavy atom. The first-order valence-corrected chi connectivity index (χ1v) is 9.37. The number of nitrogens with one attached hydrogen (secondary N) is 1. The standard InChI is InChI=1S/C19H30ClN3O2/c1-21-19(22-10-3-4-16-5-7-18(20)8-6-16)23-11-9-17(14-23)15-25-13-12-24-2/h5-8,17H,3-4,9-15H2,1-2H3,(H,21,22). The number of benzene rings is 1. The van der Waals surface area contributed by atoms with Gasteiger partial charge in [0.15, 0.2) is 5.96 Å². The molecule has 0 aliphatic carbocycles. The third-order valence-corrected chi connectivity index (χ3v) is 4.67. The molecule has 140 valence electrons. The van der Waals surface area contributed by atoms with E-state index in [1.807, 2.05) is 19.2 Å². The predicted octanol–water partition coefficient (Wildman–Crippen LogP) is 2.83. The monoisotopic (exact) mass is 367 g/mol. The topological polar surface area (TPSA) is 46.1 Å². The third kappa shape index (κ3) is 7.22. The molecule has 0 bridgehead atoms. The number of likely N-dealkylation sites (tertiary alicyclic amines) is 1. The lowest BCUT2D eigenvalue weighted by molar-refractivity contribution is 0.0536. The van der Waals surface area contributed by atoms with Crippen LogP contribution in [0.4, 0.5) is 0 Å². The summed E-state index contributed by atoms with van der Waals surface area (Å²) in [7, 11) is 3.55. The van der Waals surface area contributed by atoms with Crippen LogP contribution in [0.5, 0.6) is 0 Å². The summed E-state index contributed by atoms with van der Waals surface area (Å²) in [5.74, 6) is 1.57. The van der Waals surface area contributed by atoms with Crippen LogP contribution in [-0.2, 0) is 15.9 Å². The van der Waals surface area contributed by atoms with E-state index in [4.69, 9.17) is 21.1 Å². The molecule has 0 radical (unpaired) electrons. The molecular weight excluding hydrogens is 338 g/mol. The molecule has 1 fully saturated rings. The van der Waals surface area contributed by atoms with Gasteiger partial charge in [-0.05, 0) is 37.0 Å². The fourth-order valence-corrected chi connectivity index (χ4v) is 3.16. The average molecular weight is 368 g/mol. The number of nitrogens with zero attached hydrogens (tertiary/aromatic N) is 2. The van der Waals surface area contributed by atoms with Crippen LogP contribution < -0.4 is 5.32 Å². The summed E-state index contributed by atoms with van der Waals surface area (Å²) in [6.45, 7) is 5.09. The van der Waals surface area contributed by atoms with Gasteiger partial charge in [0.1, 0.15) is 0 Å². The number of hydrogen-bond donors (Lipinski definition) is 1. The largest absolute Gasteiger partial charge is 0.382 e. The molecule has 6 heteroatoms. The van der Waals surface area contributed by atoms with Gasteiger partial charge in [-0.15, -0.1) is 0 Å². The Kier molecular flexibility index (Phi) is 9.08. The SMILES string of the molecule is CN=C(NCCCc1ccc(Cl)cc1)N1CCC(COCCOC)C1. The van der Waals surface area contributed by atoms with E-state index < -0.39 is 0 Å². The van der Waals surface area contributed by atoms with Gasteiger partial charge in [0.25, 0.3) is 0 Å². The number of hydrogen-bond acceptors (Lipinski definition) is 3. The quantitative estimate of drug-likeness (QED) is 0.414. The van der Waals surface area contributed by atoms with Gasteiger partial charge in [-0.1, -0.05) is 23.7 Å². The van der Waals surface area contributed by atoms with Crippen molar-refractivity contribution < 1.29 is 9.47 Å². The molecule has 1 saturated heterocycles. The number of rotatable bonds is 9. The van der Waals surface area contributed by atoms with Crippen LogP contribution in [0.15, 0.2) is 29.3 Å². The molecule has 1 N–H and O–H groups in total. The van der Waals surface area contributed by atoms with Crippen LogP contribution >= 0.6 is 11.6 Å². The second kappa shape index (κ2) is 11.3. The minimum absolute atomic E-state index is 0.574. The van der Waals surface area contributed by atoms with Crippen LogP contribution in [0, 0.1) is 5.92 Å². The van der Waals surface area contributed by atoms with E-state index in [2.05, 4.69) is 27.3 Å². The van der Waals surface area contributed by atoms with Gasteiger partial charge in [-0.2, -0.15) is 0 Å². The smallest absolute Gasteiger partial charge is 0.193 e. The molecule has 25 heavy (non-hydrogen) atoms. The summed E-state index contributed by atoms with van der Waals surface area (Å²) < 4.78 is 10.7. The van der Waals surface area contributed by atoms with Gasteiger partial charge >= 0.3 is 0 Å². The van der Waals surface area contributed by atoms with Crippen molar-refractivity contribution in [1.29, 1.82) is 0 Å². The minimum atomic E-state index is 0.574. The summed E-state index contributed by atoms with van der Waals surface area (Å²) in [6, 6.07) is 8.07. The first-order valence-electron chi connectivity index (χ1n) is 8.99. The van der Waals surface area contributed by atoms with Gasteiger partial charge in [-0.25, -0.2) is 0 Å². The summed E-state index contributed by atoms with van der Waals surface area (Å²) in [5, 5.41) is 4.27. The molecule has 1 aliphatic rings. The van der Waals surface area contributed by atoms with Crippen LogP contribution in [0.3, 0.4) is 0 Å². The molecular formula is C19H30ClN3O2.